The molecular formula is C19H15Cl2NO3S. The molecule has 2 aromatic heterocycles. The second kappa shape index (κ2) is 8.54. The van der Waals surface area contributed by atoms with E-state index < -0.39 is 5.97 Å². The highest BCUT2D eigenvalue weighted by molar-refractivity contribution is 7.13. The molecule has 1 aromatic carbocycles. The Kier molecular flexibility index (Phi) is 6.14. The van der Waals surface area contributed by atoms with E-state index in [4.69, 9.17) is 33.0 Å². The van der Waals surface area contributed by atoms with Crippen LogP contribution in [0.2, 0.25) is 10.3 Å². The molecule has 1 N–H and O–H groups in total. The molecule has 0 aliphatic carbocycles. The van der Waals surface area contributed by atoms with Crippen LogP contribution in [0.25, 0.3) is 11.1 Å². The van der Waals surface area contributed by atoms with E-state index in [1.807, 2.05) is 36.4 Å². The zero-order chi connectivity index (χ0) is 18.5. The van der Waals surface area contributed by atoms with Crippen molar-refractivity contribution in [2.75, 3.05) is 0 Å². The molecule has 0 fully saturated rings. The molecule has 0 radical (unpaired) electrons. The second-order valence-corrected chi connectivity index (χ2v) is 7.51. The normalized spacial score (nSPS) is 10.7. The van der Waals surface area contributed by atoms with Crippen molar-refractivity contribution in [2.24, 2.45) is 0 Å². The minimum atomic E-state index is -0.797. The third kappa shape index (κ3) is 5.21. The molecule has 0 aliphatic heterocycles. The molecule has 3 rings (SSSR count). The summed E-state index contributed by atoms with van der Waals surface area (Å²) in [4.78, 5) is 15.6. The molecule has 3 aromatic rings. The van der Waals surface area contributed by atoms with Crippen molar-refractivity contribution in [3.63, 3.8) is 0 Å². The van der Waals surface area contributed by atoms with Gasteiger partial charge < -0.3 is 9.84 Å². The second-order valence-electron chi connectivity index (χ2n) is 5.60. The molecule has 0 atom stereocenters. The van der Waals surface area contributed by atoms with Gasteiger partial charge in [-0.3, -0.25) is 4.79 Å². The number of aliphatic carboxylic acids is 1. The Morgan fingerprint density at radius 2 is 1.85 bits per heavy atom. The summed E-state index contributed by atoms with van der Waals surface area (Å²) in [6.07, 6.45) is 0.640. The zero-order valence-electron chi connectivity index (χ0n) is 13.6. The Bertz CT molecular complexity index is 906. The lowest BCUT2D eigenvalue weighted by molar-refractivity contribution is -0.136. The Labute approximate surface area is 165 Å². The molecule has 134 valence electrons. The predicted molar refractivity (Wildman–Crippen MR) is 104 cm³/mol. The van der Waals surface area contributed by atoms with E-state index >= 15 is 0 Å². The minimum absolute atomic E-state index is 0.124. The summed E-state index contributed by atoms with van der Waals surface area (Å²) in [5.41, 5.74) is 2.88. The molecule has 2 heterocycles. The van der Waals surface area contributed by atoms with Crippen molar-refractivity contribution in [2.45, 2.75) is 19.4 Å². The number of benzene rings is 1. The molecular weight excluding hydrogens is 393 g/mol. The smallest absolute Gasteiger partial charge is 0.303 e. The fourth-order valence-electron chi connectivity index (χ4n) is 2.43. The van der Waals surface area contributed by atoms with Gasteiger partial charge in [-0.1, -0.05) is 41.4 Å². The van der Waals surface area contributed by atoms with Crippen LogP contribution < -0.4 is 4.74 Å². The first-order valence-electron chi connectivity index (χ1n) is 7.85. The number of thiophene rings is 1. The maximum atomic E-state index is 10.6. The van der Waals surface area contributed by atoms with Crippen LogP contribution in [0.15, 0.2) is 48.5 Å². The Balaban J connectivity index is 1.66. The first kappa shape index (κ1) is 18.7. The number of carbonyl (C=O) groups is 1. The fourth-order valence-corrected chi connectivity index (χ4v) is 3.74. The maximum absolute atomic E-state index is 10.6. The molecule has 0 spiro atoms. The molecule has 7 heteroatoms. The highest BCUT2D eigenvalue weighted by atomic mass is 35.5. The molecule has 4 nitrogen and oxygen atoms in total. The summed E-state index contributed by atoms with van der Waals surface area (Å²) in [6.45, 7) is 0.416. The number of hydrogen-bond acceptors (Lipinski definition) is 4. The van der Waals surface area contributed by atoms with Crippen molar-refractivity contribution in [3.05, 3.63) is 69.3 Å². The van der Waals surface area contributed by atoms with Gasteiger partial charge in [0.2, 0.25) is 0 Å². The van der Waals surface area contributed by atoms with Gasteiger partial charge in [0.05, 0.1) is 6.42 Å². The quantitative estimate of drug-likeness (QED) is 0.509. The van der Waals surface area contributed by atoms with Gasteiger partial charge in [0.15, 0.2) is 5.06 Å². The summed E-state index contributed by atoms with van der Waals surface area (Å²) in [5.74, 6) is -0.797. The van der Waals surface area contributed by atoms with Gasteiger partial charge >= 0.3 is 5.97 Å². The molecule has 0 bridgehead atoms. The number of ether oxygens (including phenoxy) is 1. The standard InChI is InChI=1S/C19H15Cl2NO3S/c20-16-9-14(10-17(21)22-16)13-3-1-2-12(8-13)11-25-19-7-5-15(26-19)4-6-18(23)24/h1-3,5,7-10H,4,6,11H2,(H,23,24). The van der Waals surface area contributed by atoms with E-state index in [2.05, 4.69) is 4.98 Å². The van der Waals surface area contributed by atoms with Crippen LogP contribution in [-0.4, -0.2) is 16.1 Å². The number of aromatic nitrogens is 1. The molecule has 0 unspecified atom stereocenters. The molecule has 0 saturated heterocycles. The molecule has 26 heavy (non-hydrogen) atoms. The Morgan fingerprint density at radius 3 is 2.58 bits per heavy atom. The van der Waals surface area contributed by atoms with Crippen molar-refractivity contribution in [1.29, 1.82) is 0 Å². The summed E-state index contributed by atoms with van der Waals surface area (Å²) in [6, 6.07) is 15.2. The van der Waals surface area contributed by atoms with Crippen molar-refractivity contribution < 1.29 is 14.6 Å². The lowest BCUT2D eigenvalue weighted by Gasteiger charge is -2.07. The van der Waals surface area contributed by atoms with Gasteiger partial charge in [0.1, 0.15) is 16.9 Å². The Hall–Kier alpha value is -2.08. The number of carboxylic acids is 1. The first-order chi connectivity index (χ1) is 12.5. The monoisotopic (exact) mass is 407 g/mol. The van der Waals surface area contributed by atoms with E-state index in [-0.39, 0.29) is 6.42 Å². The van der Waals surface area contributed by atoms with Crippen LogP contribution in [-0.2, 0) is 17.8 Å². The predicted octanol–water partition coefficient (Wildman–Crippen LogP) is 5.71. The zero-order valence-corrected chi connectivity index (χ0v) is 15.9. The topological polar surface area (TPSA) is 59.4 Å². The van der Waals surface area contributed by atoms with Crippen LogP contribution in [0.3, 0.4) is 0 Å². The van der Waals surface area contributed by atoms with Crippen LogP contribution in [0.4, 0.5) is 0 Å². The lowest BCUT2D eigenvalue weighted by Crippen LogP contribution is -1.95. The summed E-state index contributed by atoms with van der Waals surface area (Å²) < 4.78 is 5.82. The van der Waals surface area contributed by atoms with Gasteiger partial charge in [-0.15, -0.1) is 11.3 Å². The van der Waals surface area contributed by atoms with Gasteiger partial charge in [0, 0.05) is 4.88 Å². The highest BCUT2D eigenvalue weighted by Crippen LogP contribution is 2.28. The molecule has 0 aliphatic rings. The van der Waals surface area contributed by atoms with E-state index in [0.29, 0.717) is 23.3 Å². The van der Waals surface area contributed by atoms with E-state index in [1.54, 1.807) is 12.1 Å². The van der Waals surface area contributed by atoms with E-state index in [1.165, 1.54) is 11.3 Å². The average Bonchev–Trinajstić information content (AvgIpc) is 3.05. The number of hydrogen-bond donors (Lipinski definition) is 1. The van der Waals surface area contributed by atoms with Crippen molar-refractivity contribution in [1.82, 2.24) is 4.98 Å². The summed E-state index contributed by atoms with van der Waals surface area (Å²) >= 11 is 13.4. The van der Waals surface area contributed by atoms with Crippen LogP contribution >= 0.6 is 34.5 Å². The number of aryl methyl sites for hydroxylation is 1. The molecule has 0 amide bonds. The lowest BCUT2D eigenvalue weighted by atomic mass is 10.0. The number of carboxylic acid groups (broad SMARTS) is 1. The SMILES string of the molecule is O=C(O)CCc1ccc(OCc2cccc(-c3cc(Cl)nc(Cl)c3)c2)s1. The van der Waals surface area contributed by atoms with E-state index in [0.717, 1.165) is 26.6 Å². The number of nitrogens with zero attached hydrogens (tertiary/aromatic N) is 1. The van der Waals surface area contributed by atoms with Gasteiger partial charge in [-0.2, -0.15) is 0 Å². The van der Waals surface area contributed by atoms with Crippen molar-refractivity contribution >= 4 is 40.5 Å². The minimum Gasteiger partial charge on any atom is -0.481 e. The Morgan fingerprint density at radius 1 is 1.08 bits per heavy atom. The number of halogens is 2. The summed E-state index contributed by atoms with van der Waals surface area (Å²) in [7, 11) is 0. The first-order valence-corrected chi connectivity index (χ1v) is 9.42. The highest BCUT2D eigenvalue weighted by Gasteiger charge is 2.06. The van der Waals surface area contributed by atoms with Crippen LogP contribution in [0.1, 0.15) is 16.9 Å². The summed E-state index contributed by atoms with van der Waals surface area (Å²) in [5, 5.41) is 10.2. The number of rotatable bonds is 7. The fraction of sp³-hybridized carbons (Fsp3) is 0.158. The maximum Gasteiger partial charge on any atom is 0.303 e. The number of pyridine rings is 1. The van der Waals surface area contributed by atoms with E-state index in [9.17, 15) is 4.79 Å². The van der Waals surface area contributed by atoms with Gasteiger partial charge in [0.25, 0.3) is 0 Å². The molecule has 0 saturated carbocycles. The third-order valence-corrected chi connectivity index (χ3v) is 5.07. The van der Waals surface area contributed by atoms with Gasteiger partial charge in [-0.25, -0.2) is 4.98 Å². The largest absolute Gasteiger partial charge is 0.481 e. The van der Waals surface area contributed by atoms with Crippen molar-refractivity contribution in [3.8, 4) is 16.2 Å². The van der Waals surface area contributed by atoms with Crippen LogP contribution in [0, 0.1) is 0 Å². The third-order valence-electron chi connectivity index (χ3n) is 3.63. The average molecular weight is 408 g/mol. The van der Waals surface area contributed by atoms with Crippen LogP contribution in [0.5, 0.6) is 5.06 Å². The van der Waals surface area contributed by atoms with Gasteiger partial charge in [-0.05, 0) is 53.4 Å².